The molecule has 1 aromatic heterocycles. The lowest BCUT2D eigenvalue weighted by molar-refractivity contribution is 0.547. The van der Waals surface area contributed by atoms with Crippen molar-refractivity contribution >= 4 is 15.7 Å². The van der Waals surface area contributed by atoms with Crippen LogP contribution in [0.2, 0.25) is 0 Å². The minimum absolute atomic E-state index is 0.0542. The number of nitrogens with zero attached hydrogens (tertiary/aromatic N) is 2. The maximum Gasteiger partial charge on any atom is 0.243 e. The lowest BCUT2D eigenvalue weighted by Gasteiger charge is -2.09. The Balaban J connectivity index is 2.12. The molecule has 9 heteroatoms. The highest BCUT2D eigenvalue weighted by Gasteiger charge is 2.22. The molecule has 114 valence electrons. The van der Waals surface area contributed by atoms with Crippen LogP contribution in [0.1, 0.15) is 5.69 Å². The number of nitrogen functional groups attached to an aromatic ring is 1. The molecule has 0 aliphatic carbocycles. The SMILES string of the molecule is Cn1nccc1CCNS(=O)(=O)c1ccc(F)c(N)c1F. The van der Waals surface area contributed by atoms with E-state index in [0.717, 1.165) is 17.8 Å². The van der Waals surface area contributed by atoms with Crippen LogP contribution in [0.3, 0.4) is 0 Å². The summed E-state index contributed by atoms with van der Waals surface area (Å²) in [4.78, 5) is -0.675. The van der Waals surface area contributed by atoms with Crippen LogP contribution < -0.4 is 10.5 Å². The van der Waals surface area contributed by atoms with E-state index in [-0.39, 0.29) is 6.54 Å². The fraction of sp³-hybridized carbons (Fsp3) is 0.250. The predicted molar refractivity (Wildman–Crippen MR) is 72.9 cm³/mol. The first-order chi connectivity index (χ1) is 9.83. The maximum absolute atomic E-state index is 13.7. The smallest absolute Gasteiger partial charge is 0.243 e. The second-order valence-corrected chi connectivity index (χ2v) is 6.10. The van der Waals surface area contributed by atoms with Crippen LogP contribution in [0.5, 0.6) is 0 Å². The van der Waals surface area contributed by atoms with Crippen molar-refractivity contribution in [1.29, 1.82) is 0 Å². The average molecular weight is 316 g/mol. The molecule has 0 atom stereocenters. The highest BCUT2D eigenvalue weighted by atomic mass is 32.2. The number of halogens is 2. The Labute approximate surface area is 120 Å². The van der Waals surface area contributed by atoms with Crippen LogP contribution in [0.15, 0.2) is 29.3 Å². The van der Waals surface area contributed by atoms with Crippen molar-refractivity contribution in [3.05, 3.63) is 41.7 Å². The van der Waals surface area contributed by atoms with E-state index < -0.39 is 32.2 Å². The second-order valence-electron chi connectivity index (χ2n) is 4.37. The number of aryl methyl sites for hydroxylation is 1. The molecule has 0 aliphatic rings. The maximum atomic E-state index is 13.7. The molecule has 1 aromatic carbocycles. The molecule has 1 heterocycles. The number of benzene rings is 1. The third-order valence-corrected chi connectivity index (χ3v) is 4.45. The van der Waals surface area contributed by atoms with Crippen LogP contribution in [-0.4, -0.2) is 24.7 Å². The first-order valence-electron chi connectivity index (χ1n) is 6.03. The van der Waals surface area contributed by atoms with Gasteiger partial charge in [0.25, 0.3) is 0 Å². The van der Waals surface area contributed by atoms with Crippen LogP contribution in [0, 0.1) is 11.6 Å². The topological polar surface area (TPSA) is 90.0 Å². The van der Waals surface area contributed by atoms with E-state index in [4.69, 9.17) is 5.73 Å². The molecule has 2 aromatic rings. The van der Waals surface area contributed by atoms with Gasteiger partial charge in [-0.05, 0) is 18.2 Å². The number of hydrogen-bond donors (Lipinski definition) is 2. The van der Waals surface area contributed by atoms with Gasteiger partial charge in [-0.2, -0.15) is 5.10 Å². The van der Waals surface area contributed by atoms with E-state index >= 15 is 0 Å². The highest BCUT2D eigenvalue weighted by molar-refractivity contribution is 7.89. The predicted octanol–water partition coefficient (Wildman–Crippen LogP) is 0.802. The molecule has 0 saturated carbocycles. The molecule has 2 rings (SSSR count). The van der Waals surface area contributed by atoms with Gasteiger partial charge >= 0.3 is 0 Å². The summed E-state index contributed by atoms with van der Waals surface area (Å²) in [5, 5.41) is 3.95. The van der Waals surface area contributed by atoms with Crippen LogP contribution in [0.25, 0.3) is 0 Å². The van der Waals surface area contributed by atoms with E-state index in [1.54, 1.807) is 24.0 Å². The Kier molecular flexibility index (Phi) is 4.24. The van der Waals surface area contributed by atoms with Crippen molar-refractivity contribution in [2.24, 2.45) is 7.05 Å². The summed E-state index contributed by atoms with van der Waals surface area (Å²) >= 11 is 0. The standard InChI is InChI=1S/C12H14F2N4O2S/c1-18-8(4-6-16-18)5-7-17-21(19,20)10-3-2-9(13)12(15)11(10)14/h2-4,6,17H,5,7,15H2,1H3. The number of sulfonamides is 1. The van der Waals surface area contributed by atoms with Crippen molar-refractivity contribution in [2.45, 2.75) is 11.3 Å². The van der Waals surface area contributed by atoms with Gasteiger partial charge in [0.1, 0.15) is 16.4 Å². The summed E-state index contributed by atoms with van der Waals surface area (Å²) in [6.07, 6.45) is 1.97. The summed E-state index contributed by atoms with van der Waals surface area (Å²) in [7, 11) is -2.37. The van der Waals surface area contributed by atoms with Crippen LogP contribution in [-0.2, 0) is 23.5 Å². The summed E-state index contributed by atoms with van der Waals surface area (Å²) in [5.41, 5.74) is 5.15. The summed E-state index contributed by atoms with van der Waals surface area (Å²) in [6.45, 7) is 0.0542. The third-order valence-electron chi connectivity index (χ3n) is 2.98. The molecule has 0 saturated heterocycles. The molecular weight excluding hydrogens is 302 g/mol. The van der Waals surface area contributed by atoms with E-state index in [9.17, 15) is 17.2 Å². The number of nitrogens with two attached hydrogens (primary N) is 1. The summed E-state index contributed by atoms with van der Waals surface area (Å²) in [6, 6.07) is 3.40. The van der Waals surface area contributed by atoms with Gasteiger partial charge in [0.2, 0.25) is 10.0 Å². The van der Waals surface area contributed by atoms with Crippen molar-refractivity contribution in [3.8, 4) is 0 Å². The van der Waals surface area contributed by atoms with Gasteiger partial charge in [0, 0.05) is 31.9 Å². The Morgan fingerprint density at radius 3 is 2.67 bits per heavy atom. The van der Waals surface area contributed by atoms with E-state index in [1.165, 1.54) is 0 Å². The molecule has 0 fully saturated rings. The first kappa shape index (κ1) is 15.4. The fourth-order valence-electron chi connectivity index (χ4n) is 1.79. The van der Waals surface area contributed by atoms with E-state index in [1.807, 2.05) is 0 Å². The van der Waals surface area contributed by atoms with E-state index in [2.05, 4.69) is 9.82 Å². The van der Waals surface area contributed by atoms with Crippen molar-refractivity contribution < 1.29 is 17.2 Å². The first-order valence-corrected chi connectivity index (χ1v) is 7.51. The Bertz CT molecular complexity index is 759. The molecule has 0 amide bonds. The van der Waals surface area contributed by atoms with Gasteiger partial charge in [0.15, 0.2) is 5.82 Å². The normalized spacial score (nSPS) is 11.8. The van der Waals surface area contributed by atoms with Gasteiger partial charge in [-0.25, -0.2) is 21.9 Å². The monoisotopic (exact) mass is 316 g/mol. The summed E-state index contributed by atoms with van der Waals surface area (Å²) < 4.78 is 54.6. The number of aromatic nitrogens is 2. The fourth-order valence-corrected chi connectivity index (χ4v) is 2.91. The minimum Gasteiger partial charge on any atom is -0.394 e. The third kappa shape index (κ3) is 3.19. The molecule has 0 spiro atoms. The van der Waals surface area contributed by atoms with Gasteiger partial charge < -0.3 is 5.73 Å². The lowest BCUT2D eigenvalue weighted by atomic mass is 10.3. The van der Waals surface area contributed by atoms with Gasteiger partial charge in [0.05, 0.1) is 0 Å². The molecule has 6 nitrogen and oxygen atoms in total. The van der Waals surface area contributed by atoms with Gasteiger partial charge in [-0.1, -0.05) is 0 Å². The zero-order valence-electron chi connectivity index (χ0n) is 11.2. The lowest BCUT2D eigenvalue weighted by Crippen LogP contribution is -2.27. The molecular formula is C12H14F2N4O2S. The quantitative estimate of drug-likeness (QED) is 0.799. The molecule has 0 unspecified atom stereocenters. The van der Waals surface area contributed by atoms with Gasteiger partial charge in [-0.3, -0.25) is 4.68 Å². The zero-order valence-corrected chi connectivity index (χ0v) is 12.0. The van der Waals surface area contributed by atoms with Crippen molar-refractivity contribution in [2.75, 3.05) is 12.3 Å². The highest BCUT2D eigenvalue weighted by Crippen LogP contribution is 2.22. The Morgan fingerprint density at radius 2 is 2.05 bits per heavy atom. The molecule has 3 N–H and O–H groups in total. The zero-order chi connectivity index (χ0) is 15.6. The number of rotatable bonds is 5. The number of nitrogens with one attached hydrogen (secondary N) is 1. The largest absolute Gasteiger partial charge is 0.394 e. The molecule has 0 aliphatic heterocycles. The minimum atomic E-state index is -4.10. The number of anilines is 1. The van der Waals surface area contributed by atoms with Crippen LogP contribution in [0.4, 0.5) is 14.5 Å². The van der Waals surface area contributed by atoms with E-state index in [0.29, 0.717) is 6.42 Å². The Hall–Kier alpha value is -2.00. The van der Waals surface area contributed by atoms with Crippen molar-refractivity contribution in [1.82, 2.24) is 14.5 Å². The Morgan fingerprint density at radius 1 is 1.33 bits per heavy atom. The average Bonchev–Trinajstić information content (AvgIpc) is 2.81. The second kappa shape index (κ2) is 5.78. The molecule has 21 heavy (non-hydrogen) atoms. The van der Waals surface area contributed by atoms with Crippen LogP contribution >= 0.6 is 0 Å². The number of hydrogen-bond acceptors (Lipinski definition) is 4. The van der Waals surface area contributed by atoms with Gasteiger partial charge in [-0.15, -0.1) is 0 Å². The molecule has 0 bridgehead atoms. The summed E-state index contributed by atoms with van der Waals surface area (Å²) in [5.74, 6) is -2.29. The molecule has 0 radical (unpaired) electrons. The van der Waals surface area contributed by atoms with Crippen molar-refractivity contribution in [3.63, 3.8) is 0 Å².